The molecule has 0 amide bonds. The zero-order valence-corrected chi connectivity index (χ0v) is 10.2. The molecule has 2 aromatic rings. The van der Waals surface area contributed by atoms with E-state index in [0.717, 1.165) is 12.2 Å². The van der Waals surface area contributed by atoms with Crippen molar-refractivity contribution in [2.24, 2.45) is 0 Å². The first-order valence-electron chi connectivity index (χ1n) is 5.49. The Hall–Kier alpha value is -2.38. The minimum absolute atomic E-state index is 0.253. The van der Waals surface area contributed by atoms with Gasteiger partial charge in [-0.15, -0.1) is 0 Å². The van der Waals surface area contributed by atoms with Crippen LogP contribution in [0.15, 0.2) is 16.9 Å². The van der Waals surface area contributed by atoms with Gasteiger partial charge >= 0.3 is 6.01 Å². The molecule has 8 nitrogen and oxygen atoms in total. The Labute approximate surface area is 104 Å². The number of methoxy groups -OCH3 is 1. The lowest BCUT2D eigenvalue weighted by molar-refractivity contribution is 0.379. The van der Waals surface area contributed by atoms with Gasteiger partial charge in [0, 0.05) is 12.6 Å². The molecule has 2 aromatic heterocycles. The molecule has 0 aliphatic rings. The third kappa shape index (κ3) is 3.06. The molecular formula is C10H14N6O2. The summed E-state index contributed by atoms with van der Waals surface area (Å²) < 4.78 is 9.73. The molecule has 0 saturated carbocycles. The molecule has 0 unspecified atom stereocenters. The Balaban J connectivity index is 2.08. The topological polar surface area (TPSA) is 98.0 Å². The Morgan fingerprint density at radius 2 is 2.00 bits per heavy atom. The number of nitrogens with one attached hydrogen (secondary N) is 2. The average molecular weight is 250 g/mol. The molecule has 0 saturated heterocycles. The first kappa shape index (κ1) is 12.1. The van der Waals surface area contributed by atoms with Crippen molar-refractivity contribution in [2.45, 2.75) is 13.5 Å². The molecule has 0 spiro atoms. The van der Waals surface area contributed by atoms with Crippen molar-refractivity contribution in [3.05, 3.63) is 18.0 Å². The normalized spacial score (nSPS) is 10.1. The summed E-state index contributed by atoms with van der Waals surface area (Å²) in [6, 6.07) is 2.01. The SMILES string of the molecule is CCNc1nc(NCc2ccon2)nc(OC)n1. The summed E-state index contributed by atoms with van der Waals surface area (Å²) in [4.78, 5) is 12.3. The van der Waals surface area contributed by atoms with E-state index in [1.54, 1.807) is 6.07 Å². The lowest BCUT2D eigenvalue weighted by Crippen LogP contribution is -2.10. The summed E-state index contributed by atoms with van der Waals surface area (Å²) in [6.07, 6.45) is 1.51. The van der Waals surface area contributed by atoms with E-state index in [1.165, 1.54) is 13.4 Å². The maximum atomic E-state index is 5.00. The minimum atomic E-state index is 0.253. The van der Waals surface area contributed by atoms with E-state index in [4.69, 9.17) is 9.26 Å². The van der Waals surface area contributed by atoms with E-state index in [9.17, 15) is 0 Å². The van der Waals surface area contributed by atoms with Gasteiger partial charge in [-0.3, -0.25) is 0 Å². The monoisotopic (exact) mass is 250 g/mol. The van der Waals surface area contributed by atoms with Crippen LogP contribution < -0.4 is 15.4 Å². The lowest BCUT2D eigenvalue weighted by atomic mass is 10.4. The second kappa shape index (κ2) is 5.80. The zero-order chi connectivity index (χ0) is 12.8. The third-order valence-corrected chi connectivity index (χ3v) is 2.05. The van der Waals surface area contributed by atoms with Gasteiger partial charge in [-0.05, 0) is 6.92 Å². The third-order valence-electron chi connectivity index (χ3n) is 2.05. The number of nitrogens with zero attached hydrogens (tertiary/aromatic N) is 4. The van der Waals surface area contributed by atoms with Crippen LogP contribution in [-0.4, -0.2) is 33.8 Å². The predicted molar refractivity (Wildman–Crippen MR) is 64.4 cm³/mol. The van der Waals surface area contributed by atoms with Crippen molar-refractivity contribution in [2.75, 3.05) is 24.3 Å². The number of aromatic nitrogens is 4. The van der Waals surface area contributed by atoms with Gasteiger partial charge in [-0.25, -0.2) is 0 Å². The Morgan fingerprint density at radius 1 is 1.22 bits per heavy atom. The smallest absolute Gasteiger partial charge is 0.322 e. The second-order valence-electron chi connectivity index (χ2n) is 3.34. The molecule has 0 fully saturated rings. The summed E-state index contributed by atoms with van der Waals surface area (Å²) in [5, 5.41) is 9.79. The van der Waals surface area contributed by atoms with Gasteiger partial charge in [0.25, 0.3) is 0 Å². The summed E-state index contributed by atoms with van der Waals surface area (Å²) in [5.74, 6) is 0.882. The van der Waals surface area contributed by atoms with Gasteiger partial charge in [0.1, 0.15) is 12.0 Å². The number of anilines is 2. The highest BCUT2D eigenvalue weighted by Gasteiger charge is 2.06. The van der Waals surface area contributed by atoms with Crippen molar-refractivity contribution in [1.29, 1.82) is 0 Å². The number of hydrogen-bond acceptors (Lipinski definition) is 8. The Bertz CT molecular complexity index is 487. The van der Waals surface area contributed by atoms with E-state index < -0.39 is 0 Å². The van der Waals surface area contributed by atoms with E-state index in [2.05, 4.69) is 30.7 Å². The highest BCUT2D eigenvalue weighted by Crippen LogP contribution is 2.11. The Kier molecular flexibility index (Phi) is 3.90. The summed E-state index contributed by atoms with van der Waals surface area (Å²) in [5.41, 5.74) is 0.763. The lowest BCUT2D eigenvalue weighted by Gasteiger charge is -2.07. The maximum Gasteiger partial charge on any atom is 0.322 e. The first-order chi connectivity index (χ1) is 8.81. The van der Waals surface area contributed by atoms with E-state index >= 15 is 0 Å². The number of rotatable bonds is 6. The molecule has 8 heteroatoms. The van der Waals surface area contributed by atoms with Crippen LogP contribution in [0, 0.1) is 0 Å². The molecule has 2 N–H and O–H groups in total. The van der Waals surface area contributed by atoms with E-state index in [-0.39, 0.29) is 6.01 Å². The van der Waals surface area contributed by atoms with Crippen LogP contribution >= 0.6 is 0 Å². The molecule has 0 aliphatic carbocycles. The molecule has 0 radical (unpaired) electrons. The number of ether oxygens (including phenoxy) is 1. The van der Waals surface area contributed by atoms with Crippen LogP contribution in [0.2, 0.25) is 0 Å². The standard InChI is InChI=1S/C10H14N6O2/c1-3-11-8-13-9(15-10(14-8)17-2)12-6-7-4-5-18-16-7/h4-5H,3,6H2,1-2H3,(H2,11,12,13,14,15). The number of hydrogen-bond donors (Lipinski definition) is 2. The van der Waals surface area contributed by atoms with Crippen molar-refractivity contribution >= 4 is 11.9 Å². The highest BCUT2D eigenvalue weighted by atomic mass is 16.5. The molecular weight excluding hydrogens is 236 g/mol. The molecule has 18 heavy (non-hydrogen) atoms. The molecule has 96 valence electrons. The van der Waals surface area contributed by atoms with Crippen LogP contribution in [-0.2, 0) is 6.54 Å². The van der Waals surface area contributed by atoms with Crippen molar-refractivity contribution < 1.29 is 9.26 Å². The van der Waals surface area contributed by atoms with Gasteiger partial charge in [0.05, 0.1) is 13.7 Å². The molecule has 2 heterocycles. The quantitative estimate of drug-likeness (QED) is 0.780. The fourth-order valence-corrected chi connectivity index (χ4v) is 1.26. The van der Waals surface area contributed by atoms with E-state index in [0.29, 0.717) is 18.4 Å². The minimum Gasteiger partial charge on any atom is -0.467 e. The van der Waals surface area contributed by atoms with Crippen molar-refractivity contribution in [1.82, 2.24) is 20.1 Å². The predicted octanol–water partition coefficient (Wildman–Crippen LogP) is 0.912. The van der Waals surface area contributed by atoms with Gasteiger partial charge < -0.3 is 19.9 Å². The molecule has 0 atom stereocenters. The molecule has 0 aromatic carbocycles. The van der Waals surface area contributed by atoms with Crippen LogP contribution in [0.25, 0.3) is 0 Å². The highest BCUT2D eigenvalue weighted by molar-refractivity contribution is 5.35. The average Bonchev–Trinajstić information content (AvgIpc) is 2.89. The largest absolute Gasteiger partial charge is 0.467 e. The van der Waals surface area contributed by atoms with E-state index in [1.807, 2.05) is 6.92 Å². The summed E-state index contributed by atoms with van der Waals surface area (Å²) in [7, 11) is 1.51. The Morgan fingerprint density at radius 3 is 2.61 bits per heavy atom. The van der Waals surface area contributed by atoms with Crippen LogP contribution in [0.4, 0.5) is 11.9 Å². The van der Waals surface area contributed by atoms with Gasteiger partial charge in [-0.1, -0.05) is 5.16 Å². The van der Waals surface area contributed by atoms with Gasteiger partial charge in [-0.2, -0.15) is 15.0 Å². The first-order valence-corrected chi connectivity index (χ1v) is 5.49. The summed E-state index contributed by atoms with van der Waals surface area (Å²) >= 11 is 0. The van der Waals surface area contributed by atoms with Crippen LogP contribution in [0.1, 0.15) is 12.6 Å². The van der Waals surface area contributed by atoms with Crippen molar-refractivity contribution in [3.63, 3.8) is 0 Å². The van der Waals surface area contributed by atoms with Gasteiger partial charge in [0.2, 0.25) is 11.9 Å². The molecule has 0 bridgehead atoms. The second-order valence-corrected chi connectivity index (χ2v) is 3.34. The van der Waals surface area contributed by atoms with Gasteiger partial charge in [0.15, 0.2) is 0 Å². The van der Waals surface area contributed by atoms with Crippen molar-refractivity contribution in [3.8, 4) is 6.01 Å². The summed E-state index contributed by atoms with van der Waals surface area (Å²) in [6.45, 7) is 3.14. The fourth-order valence-electron chi connectivity index (χ4n) is 1.26. The molecule has 2 rings (SSSR count). The van der Waals surface area contributed by atoms with Crippen LogP contribution in [0.3, 0.4) is 0 Å². The van der Waals surface area contributed by atoms with Crippen LogP contribution in [0.5, 0.6) is 6.01 Å². The molecule has 0 aliphatic heterocycles. The maximum absolute atomic E-state index is 5.00. The zero-order valence-electron chi connectivity index (χ0n) is 10.2. The fraction of sp³-hybridized carbons (Fsp3) is 0.400.